The first-order chi connectivity index (χ1) is 6.99. The van der Waals surface area contributed by atoms with E-state index in [1.54, 1.807) is 6.92 Å². The predicted octanol–water partition coefficient (Wildman–Crippen LogP) is -0.217. The number of esters is 1. The molecule has 1 rings (SSSR count). The molecule has 3 atom stereocenters. The van der Waals surface area contributed by atoms with Crippen molar-refractivity contribution in [1.82, 2.24) is 0 Å². The summed E-state index contributed by atoms with van der Waals surface area (Å²) in [6.45, 7) is 1.61. The van der Waals surface area contributed by atoms with Gasteiger partial charge >= 0.3 is 5.97 Å². The van der Waals surface area contributed by atoms with Crippen LogP contribution in [0.2, 0.25) is 0 Å². The molecule has 1 aliphatic heterocycles. The maximum atomic E-state index is 11.3. The van der Waals surface area contributed by atoms with Crippen LogP contribution in [0.1, 0.15) is 32.6 Å². The molecule has 0 saturated carbocycles. The zero-order chi connectivity index (χ0) is 11.4. The highest BCUT2D eigenvalue weighted by Crippen LogP contribution is 2.13. The lowest BCUT2D eigenvalue weighted by Gasteiger charge is -2.20. The Bertz CT molecular complexity index is 250. The van der Waals surface area contributed by atoms with Crippen molar-refractivity contribution in [2.24, 2.45) is 0 Å². The van der Waals surface area contributed by atoms with Crippen molar-refractivity contribution in [3.8, 4) is 0 Å². The van der Waals surface area contributed by atoms with E-state index in [1.807, 2.05) is 0 Å². The van der Waals surface area contributed by atoms with Crippen molar-refractivity contribution >= 4 is 11.8 Å². The Morgan fingerprint density at radius 1 is 1.33 bits per heavy atom. The first-order valence-corrected chi connectivity index (χ1v) is 5.07. The van der Waals surface area contributed by atoms with Crippen LogP contribution in [-0.2, 0) is 14.3 Å². The van der Waals surface area contributed by atoms with E-state index in [4.69, 9.17) is 4.74 Å². The number of hydrogen-bond donors (Lipinski definition) is 2. The first kappa shape index (κ1) is 12.1. The molecule has 0 amide bonds. The fourth-order valence-electron chi connectivity index (χ4n) is 1.54. The number of ketones is 1. The quantitative estimate of drug-likeness (QED) is 0.547. The van der Waals surface area contributed by atoms with Gasteiger partial charge < -0.3 is 14.9 Å². The molecule has 1 aliphatic rings. The summed E-state index contributed by atoms with van der Waals surface area (Å²) in [7, 11) is 0. The molecule has 5 nitrogen and oxygen atoms in total. The fraction of sp³-hybridized carbons (Fsp3) is 0.800. The second-order valence-electron chi connectivity index (χ2n) is 3.91. The number of Topliss-reactive ketones (excluding diaryl/α,β-unsaturated/α-hetero) is 1. The number of aliphatic hydroxyl groups excluding tert-OH is 2. The highest BCUT2D eigenvalue weighted by molar-refractivity contribution is 5.83. The highest BCUT2D eigenvalue weighted by Gasteiger charge is 2.24. The van der Waals surface area contributed by atoms with Gasteiger partial charge in [0.2, 0.25) is 0 Å². The van der Waals surface area contributed by atoms with Crippen molar-refractivity contribution in [2.45, 2.75) is 50.9 Å². The summed E-state index contributed by atoms with van der Waals surface area (Å²) < 4.78 is 4.90. The van der Waals surface area contributed by atoms with Crippen LogP contribution >= 0.6 is 0 Å². The SMILES string of the molecule is C[C@H]1C[C@H](O)C(=O)CC[C@H](O)CC(=O)O1. The van der Waals surface area contributed by atoms with Crippen LogP contribution in [0, 0.1) is 0 Å². The molecule has 0 aliphatic carbocycles. The largest absolute Gasteiger partial charge is 0.462 e. The maximum absolute atomic E-state index is 11.3. The summed E-state index contributed by atoms with van der Waals surface area (Å²) in [4.78, 5) is 22.5. The number of carbonyl (C=O) groups excluding carboxylic acids is 2. The van der Waals surface area contributed by atoms with Gasteiger partial charge in [0, 0.05) is 12.8 Å². The van der Waals surface area contributed by atoms with Gasteiger partial charge in [-0.2, -0.15) is 0 Å². The molecule has 0 radical (unpaired) electrons. The topological polar surface area (TPSA) is 83.8 Å². The Morgan fingerprint density at radius 3 is 2.67 bits per heavy atom. The highest BCUT2D eigenvalue weighted by atomic mass is 16.5. The van der Waals surface area contributed by atoms with E-state index in [-0.39, 0.29) is 31.5 Å². The minimum Gasteiger partial charge on any atom is -0.462 e. The first-order valence-electron chi connectivity index (χ1n) is 5.07. The summed E-state index contributed by atoms with van der Waals surface area (Å²) in [6, 6.07) is 0. The molecule has 0 bridgehead atoms. The van der Waals surface area contributed by atoms with Crippen LogP contribution in [0.25, 0.3) is 0 Å². The second-order valence-corrected chi connectivity index (χ2v) is 3.91. The van der Waals surface area contributed by atoms with Crippen LogP contribution in [-0.4, -0.2) is 40.3 Å². The lowest BCUT2D eigenvalue weighted by atomic mass is 10.0. The van der Waals surface area contributed by atoms with Gasteiger partial charge in [0.1, 0.15) is 12.2 Å². The van der Waals surface area contributed by atoms with Gasteiger partial charge in [-0.25, -0.2) is 0 Å². The molecule has 0 aromatic heterocycles. The van der Waals surface area contributed by atoms with E-state index in [0.29, 0.717) is 0 Å². The molecule has 0 spiro atoms. The Hall–Kier alpha value is -0.940. The molecule has 5 heteroatoms. The van der Waals surface area contributed by atoms with Crippen LogP contribution in [0.4, 0.5) is 0 Å². The second kappa shape index (κ2) is 5.23. The lowest BCUT2D eigenvalue weighted by molar-refractivity contribution is -0.154. The minimum atomic E-state index is -1.10. The molecule has 0 aromatic rings. The number of carbonyl (C=O) groups is 2. The fourth-order valence-corrected chi connectivity index (χ4v) is 1.54. The molecule has 0 unspecified atom stereocenters. The molecule has 2 N–H and O–H groups in total. The standard InChI is InChI=1S/C10H16O5/c1-6-4-9(13)8(12)3-2-7(11)5-10(14)15-6/h6-7,9,11,13H,2-5H2,1H3/t6-,7-,9-/m0/s1. The van der Waals surface area contributed by atoms with Gasteiger partial charge in [0.15, 0.2) is 5.78 Å². The number of aliphatic hydroxyl groups is 2. The third-order valence-electron chi connectivity index (χ3n) is 2.39. The van der Waals surface area contributed by atoms with Gasteiger partial charge in [0.05, 0.1) is 12.5 Å². The average Bonchev–Trinajstić information content (AvgIpc) is 2.12. The summed E-state index contributed by atoms with van der Waals surface area (Å²) >= 11 is 0. The van der Waals surface area contributed by atoms with E-state index in [1.165, 1.54) is 0 Å². The Balaban J connectivity index is 2.63. The van der Waals surface area contributed by atoms with Gasteiger partial charge in [-0.3, -0.25) is 9.59 Å². The summed E-state index contributed by atoms with van der Waals surface area (Å²) in [5.41, 5.74) is 0. The molecule has 15 heavy (non-hydrogen) atoms. The molecule has 1 saturated heterocycles. The third kappa shape index (κ3) is 3.97. The van der Waals surface area contributed by atoms with Crippen molar-refractivity contribution < 1.29 is 24.5 Å². The van der Waals surface area contributed by atoms with Crippen LogP contribution < -0.4 is 0 Å². The van der Waals surface area contributed by atoms with E-state index >= 15 is 0 Å². The number of ether oxygens (including phenoxy) is 1. The monoisotopic (exact) mass is 216 g/mol. The number of rotatable bonds is 0. The van der Waals surface area contributed by atoms with E-state index < -0.39 is 24.3 Å². The van der Waals surface area contributed by atoms with Crippen molar-refractivity contribution in [3.63, 3.8) is 0 Å². The summed E-state index contributed by atoms with van der Waals surface area (Å²) in [5.74, 6) is -0.796. The molecule has 1 fully saturated rings. The summed E-state index contributed by atoms with van der Waals surface area (Å²) in [5, 5.41) is 18.8. The number of cyclic esters (lactones) is 1. The zero-order valence-corrected chi connectivity index (χ0v) is 8.68. The lowest BCUT2D eigenvalue weighted by Crippen LogP contribution is -2.31. The minimum absolute atomic E-state index is 0.0896. The third-order valence-corrected chi connectivity index (χ3v) is 2.39. The normalized spacial score (nSPS) is 34.7. The number of hydrogen-bond acceptors (Lipinski definition) is 5. The molecule has 1 heterocycles. The predicted molar refractivity (Wildman–Crippen MR) is 51.0 cm³/mol. The van der Waals surface area contributed by atoms with Crippen LogP contribution in [0.3, 0.4) is 0 Å². The van der Waals surface area contributed by atoms with Crippen molar-refractivity contribution in [3.05, 3.63) is 0 Å². The Morgan fingerprint density at radius 2 is 2.00 bits per heavy atom. The average molecular weight is 216 g/mol. The van der Waals surface area contributed by atoms with Gasteiger partial charge in [-0.05, 0) is 13.3 Å². The maximum Gasteiger partial charge on any atom is 0.308 e. The summed E-state index contributed by atoms with van der Waals surface area (Å²) in [6.07, 6.45) is -2.13. The Kier molecular flexibility index (Phi) is 4.23. The smallest absolute Gasteiger partial charge is 0.308 e. The van der Waals surface area contributed by atoms with E-state index in [2.05, 4.69) is 0 Å². The van der Waals surface area contributed by atoms with Gasteiger partial charge in [-0.1, -0.05) is 0 Å². The molecule has 0 aromatic carbocycles. The zero-order valence-electron chi connectivity index (χ0n) is 8.68. The Labute approximate surface area is 88.0 Å². The van der Waals surface area contributed by atoms with Gasteiger partial charge in [0.25, 0.3) is 0 Å². The molecular formula is C10H16O5. The van der Waals surface area contributed by atoms with Gasteiger partial charge in [-0.15, -0.1) is 0 Å². The van der Waals surface area contributed by atoms with Crippen LogP contribution in [0.5, 0.6) is 0 Å². The molecule has 86 valence electrons. The molecular weight excluding hydrogens is 200 g/mol. The van der Waals surface area contributed by atoms with Crippen molar-refractivity contribution in [1.29, 1.82) is 0 Å². The van der Waals surface area contributed by atoms with Crippen LogP contribution in [0.15, 0.2) is 0 Å². The van der Waals surface area contributed by atoms with E-state index in [0.717, 1.165) is 0 Å². The van der Waals surface area contributed by atoms with Crippen molar-refractivity contribution in [2.75, 3.05) is 0 Å². The van der Waals surface area contributed by atoms with E-state index in [9.17, 15) is 19.8 Å².